The van der Waals surface area contributed by atoms with E-state index in [9.17, 15) is 14.9 Å². The highest BCUT2D eigenvalue weighted by Crippen LogP contribution is 2.35. The molecule has 0 bridgehead atoms. The van der Waals surface area contributed by atoms with E-state index in [1.165, 1.54) is 17.5 Å². The first-order chi connectivity index (χ1) is 19.5. The van der Waals surface area contributed by atoms with Gasteiger partial charge in [-0.3, -0.25) is 15.0 Å². The third kappa shape index (κ3) is 5.92. The van der Waals surface area contributed by atoms with Gasteiger partial charge in [-0.05, 0) is 42.3 Å². The van der Waals surface area contributed by atoms with Crippen LogP contribution in [0, 0.1) is 10.1 Å². The van der Waals surface area contributed by atoms with Crippen molar-refractivity contribution in [1.29, 1.82) is 0 Å². The normalized spacial score (nSPS) is 13.7. The molecule has 5 rings (SSSR count). The van der Waals surface area contributed by atoms with Gasteiger partial charge in [-0.15, -0.1) is 0 Å². The summed E-state index contributed by atoms with van der Waals surface area (Å²) < 4.78 is 5.01. The Balaban J connectivity index is 1.35. The summed E-state index contributed by atoms with van der Waals surface area (Å²) in [4.78, 5) is 36.5. The van der Waals surface area contributed by atoms with Gasteiger partial charge in [-0.2, -0.15) is 0 Å². The fourth-order valence-corrected chi connectivity index (χ4v) is 4.98. The lowest BCUT2D eigenvalue weighted by molar-refractivity contribution is -0.383. The zero-order valence-corrected chi connectivity index (χ0v) is 22.1. The van der Waals surface area contributed by atoms with Crippen LogP contribution in [-0.4, -0.2) is 58.5 Å². The number of carbonyl (C=O) groups excluding carboxylic acids is 1. The number of anilines is 3. The smallest absolute Gasteiger partial charge is 0.353 e. The summed E-state index contributed by atoms with van der Waals surface area (Å²) in [7, 11) is 0. The van der Waals surface area contributed by atoms with E-state index >= 15 is 0 Å². The molecular weight excluding hydrogens is 508 g/mol. The Morgan fingerprint density at radius 2 is 1.52 bits per heavy atom. The van der Waals surface area contributed by atoms with Crippen molar-refractivity contribution in [3.05, 3.63) is 118 Å². The van der Waals surface area contributed by atoms with Crippen LogP contribution in [0.25, 0.3) is 0 Å². The van der Waals surface area contributed by atoms with Crippen molar-refractivity contribution in [3.63, 3.8) is 0 Å². The highest BCUT2D eigenvalue weighted by atomic mass is 16.6. The maximum absolute atomic E-state index is 12.2. The second kappa shape index (κ2) is 12.4. The fraction of sp³-hybridized carbons (Fsp3) is 0.233. The number of nitro groups is 1. The number of benzene rings is 3. The molecule has 2 heterocycles. The van der Waals surface area contributed by atoms with Crippen molar-refractivity contribution in [3.8, 4) is 0 Å². The van der Waals surface area contributed by atoms with E-state index in [-0.39, 0.29) is 30.0 Å². The molecule has 1 fully saturated rings. The van der Waals surface area contributed by atoms with Crippen LogP contribution in [0.2, 0.25) is 0 Å². The molecule has 1 N–H and O–H groups in total. The molecule has 40 heavy (non-hydrogen) atoms. The van der Waals surface area contributed by atoms with Crippen molar-refractivity contribution >= 4 is 29.0 Å². The first-order valence-electron chi connectivity index (χ1n) is 13.2. The first-order valence-corrected chi connectivity index (χ1v) is 13.2. The molecule has 204 valence electrons. The molecule has 10 heteroatoms. The number of nitrogens with one attached hydrogen (secondary N) is 1. The average molecular weight is 539 g/mol. The van der Waals surface area contributed by atoms with E-state index in [0.717, 1.165) is 0 Å². The second-order valence-corrected chi connectivity index (χ2v) is 9.32. The number of nitrogens with zero attached hydrogens (tertiary/aromatic N) is 5. The molecule has 1 aliphatic heterocycles. The van der Waals surface area contributed by atoms with Gasteiger partial charge in [0.2, 0.25) is 11.6 Å². The van der Waals surface area contributed by atoms with Crippen molar-refractivity contribution in [2.24, 2.45) is 0 Å². The van der Waals surface area contributed by atoms with Crippen LogP contribution in [0.3, 0.4) is 0 Å². The lowest BCUT2D eigenvalue weighted by Crippen LogP contribution is -2.48. The van der Waals surface area contributed by atoms with Crippen LogP contribution in [0.4, 0.5) is 23.0 Å². The maximum atomic E-state index is 12.2. The number of rotatable bonds is 9. The molecule has 4 aromatic rings. The average Bonchev–Trinajstić information content (AvgIpc) is 2.99. The summed E-state index contributed by atoms with van der Waals surface area (Å²) in [5, 5.41) is 15.2. The standard InChI is InChI=1S/C30H30N6O4/c1-2-40-30(37)24-13-15-25(16-14-24)33-28-27(36(38)39)29(32-21-31-28)35-19-17-34(18-20-35)26(22-9-5-3-6-10-22)23-11-7-4-8-12-23/h3-16,21,26H,2,17-20H2,1H3,(H,31,32,33). The molecule has 0 atom stereocenters. The zero-order chi connectivity index (χ0) is 27.9. The summed E-state index contributed by atoms with van der Waals surface area (Å²) in [6, 6.07) is 27.3. The van der Waals surface area contributed by atoms with Crippen LogP contribution >= 0.6 is 0 Å². The van der Waals surface area contributed by atoms with Crippen molar-refractivity contribution in [2.45, 2.75) is 13.0 Å². The Morgan fingerprint density at radius 1 is 0.925 bits per heavy atom. The van der Waals surface area contributed by atoms with E-state index in [2.05, 4.69) is 44.5 Å². The summed E-state index contributed by atoms with van der Waals surface area (Å²) in [6.07, 6.45) is 1.33. The number of piperazine rings is 1. The summed E-state index contributed by atoms with van der Waals surface area (Å²) >= 11 is 0. The molecule has 0 radical (unpaired) electrons. The largest absolute Gasteiger partial charge is 0.462 e. The van der Waals surface area contributed by atoms with Gasteiger partial charge in [0.1, 0.15) is 6.33 Å². The van der Waals surface area contributed by atoms with Crippen LogP contribution < -0.4 is 10.2 Å². The molecule has 0 spiro atoms. The number of esters is 1. The first kappa shape index (κ1) is 26.8. The van der Waals surface area contributed by atoms with Gasteiger partial charge in [-0.1, -0.05) is 60.7 Å². The summed E-state index contributed by atoms with van der Waals surface area (Å²) in [5.74, 6) is -0.0562. The Hall–Kier alpha value is -4.83. The molecule has 0 amide bonds. The van der Waals surface area contributed by atoms with Crippen LogP contribution in [0.5, 0.6) is 0 Å². The monoisotopic (exact) mass is 538 g/mol. The zero-order valence-electron chi connectivity index (χ0n) is 22.1. The Labute approximate surface area is 232 Å². The molecule has 1 aromatic heterocycles. The fourth-order valence-electron chi connectivity index (χ4n) is 4.98. The number of aromatic nitrogens is 2. The predicted octanol–water partition coefficient (Wildman–Crippen LogP) is 5.22. The molecule has 10 nitrogen and oxygen atoms in total. The van der Waals surface area contributed by atoms with Crippen LogP contribution in [0.15, 0.2) is 91.3 Å². The summed E-state index contributed by atoms with van der Waals surface area (Å²) in [5.41, 5.74) is 3.17. The lowest BCUT2D eigenvalue weighted by Gasteiger charge is -2.40. The minimum absolute atomic E-state index is 0.0831. The second-order valence-electron chi connectivity index (χ2n) is 9.32. The Morgan fingerprint density at radius 3 is 2.08 bits per heavy atom. The highest BCUT2D eigenvalue weighted by Gasteiger charge is 2.32. The van der Waals surface area contributed by atoms with Crippen molar-refractivity contribution in [2.75, 3.05) is 43.0 Å². The van der Waals surface area contributed by atoms with Gasteiger partial charge in [-0.25, -0.2) is 14.8 Å². The van der Waals surface area contributed by atoms with E-state index < -0.39 is 10.9 Å². The van der Waals surface area contributed by atoms with Gasteiger partial charge >= 0.3 is 11.7 Å². The topological polar surface area (TPSA) is 114 Å². The number of hydrogen-bond donors (Lipinski definition) is 1. The third-order valence-corrected chi connectivity index (χ3v) is 6.85. The number of carbonyl (C=O) groups is 1. The number of hydrogen-bond acceptors (Lipinski definition) is 9. The molecule has 0 unspecified atom stereocenters. The maximum Gasteiger partial charge on any atom is 0.353 e. The van der Waals surface area contributed by atoms with Gasteiger partial charge < -0.3 is 15.0 Å². The molecular formula is C30H30N6O4. The minimum Gasteiger partial charge on any atom is -0.462 e. The van der Waals surface area contributed by atoms with Crippen LogP contribution in [-0.2, 0) is 4.74 Å². The van der Waals surface area contributed by atoms with Gasteiger partial charge in [0.25, 0.3) is 0 Å². The molecule has 1 aliphatic rings. The predicted molar refractivity (Wildman–Crippen MR) is 153 cm³/mol. The molecule has 3 aromatic carbocycles. The van der Waals surface area contributed by atoms with Crippen LogP contribution in [0.1, 0.15) is 34.5 Å². The SMILES string of the molecule is CCOC(=O)c1ccc(Nc2ncnc(N3CCN(C(c4ccccc4)c4ccccc4)CC3)c2[N+](=O)[O-])cc1. The van der Waals surface area contributed by atoms with E-state index in [1.807, 2.05) is 41.3 Å². The summed E-state index contributed by atoms with van der Waals surface area (Å²) in [6.45, 7) is 4.57. The van der Waals surface area contributed by atoms with E-state index in [1.54, 1.807) is 31.2 Å². The van der Waals surface area contributed by atoms with Gasteiger partial charge in [0.15, 0.2) is 0 Å². The number of ether oxygens (including phenoxy) is 1. The molecule has 1 saturated heterocycles. The van der Waals surface area contributed by atoms with Gasteiger partial charge in [0.05, 0.1) is 23.1 Å². The van der Waals surface area contributed by atoms with Crippen molar-refractivity contribution < 1.29 is 14.5 Å². The van der Waals surface area contributed by atoms with E-state index in [0.29, 0.717) is 37.4 Å². The third-order valence-electron chi connectivity index (χ3n) is 6.85. The molecule has 0 aliphatic carbocycles. The minimum atomic E-state index is -0.451. The van der Waals surface area contributed by atoms with Gasteiger partial charge in [0, 0.05) is 31.9 Å². The van der Waals surface area contributed by atoms with Crippen molar-refractivity contribution in [1.82, 2.24) is 14.9 Å². The Bertz CT molecular complexity index is 1400. The lowest BCUT2D eigenvalue weighted by atomic mass is 9.96. The quantitative estimate of drug-likeness (QED) is 0.174. The van der Waals surface area contributed by atoms with E-state index in [4.69, 9.17) is 4.74 Å². The highest BCUT2D eigenvalue weighted by molar-refractivity contribution is 5.90. The Kier molecular flexibility index (Phi) is 8.26. The molecule has 0 saturated carbocycles.